The first kappa shape index (κ1) is 13.1. The van der Waals surface area contributed by atoms with Crippen LogP contribution in [0.1, 0.15) is 31.7 Å². The van der Waals surface area contributed by atoms with E-state index in [0.29, 0.717) is 24.0 Å². The second-order valence-electron chi connectivity index (χ2n) is 5.05. The fourth-order valence-electron chi connectivity index (χ4n) is 2.78. The van der Waals surface area contributed by atoms with Gasteiger partial charge in [0.05, 0.1) is 12.2 Å². The number of fused-ring (bicyclic) bond motifs is 1. The number of nitrogens with two attached hydrogens (primary N) is 1. The molecule has 8 heteroatoms. The van der Waals surface area contributed by atoms with Crippen LogP contribution in [0.4, 0.5) is 5.82 Å². The first-order valence-corrected chi connectivity index (χ1v) is 6.82. The summed E-state index contributed by atoms with van der Waals surface area (Å²) in [6.45, 7) is 0. The summed E-state index contributed by atoms with van der Waals surface area (Å²) in [6.07, 6.45) is 4.56. The van der Waals surface area contributed by atoms with Crippen LogP contribution in [-0.4, -0.2) is 30.6 Å². The maximum atomic E-state index is 11.0. The van der Waals surface area contributed by atoms with Crippen LogP contribution in [0.15, 0.2) is 6.33 Å². The Morgan fingerprint density at radius 2 is 2.05 bits per heavy atom. The van der Waals surface area contributed by atoms with Crippen molar-refractivity contribution in [2.75, 3.05) is 5.73 Å². The van der Waals surface area contributed by atoms with E-state index in [9.17, 15) is 4.79 Å². The standard InChI is InChI=1S/C12H14ClN5O2/c13-12-16-9(14)8-10(17-12)18(5-15-8)7-3-1-6(2-4-7)11(19)20/h5-7H,1-4H2,(H,19,20)(H2,14,16,17)/t6-,7+. The summed E-state index contributed by atoms with van der Waals surface area (Å²) in [7, 11) is 0. The molecule has 0 radical (unpaired) electrons. The average Bonchev–Trinajstić information content (AvgIpc) is 2.82. The van der Waals surface area contributed by atoms with Gasteiger partial charge in [-0.1, -0.05) is 0 Å². The molecule has 0 spiro atoms. The Morgan fingerprint density at radius 1 is 1.35 bits per heavy atom. The zero-order valence-corrected chi connectivity index (χ0v) is 11.4. The molecule has 1 aliphatic carbocycles. The van der Waals surface area contributed by atoms with Gasteiger partial charge in [-0.05, 0) is 37.3 Å². The van der Waals surface area contributed by atoms with Crippen LogP contribution in [0.25, 0.3) is 11.2 Å². The molecule has 1 fully saturated rings. The summed E-state index contributed by atoms with van der Waals surface area (Å²) < 4.78 is 1.93. The molecule has 0 unspecified atom stereocenters. The Bertz CT molecular complexity index is 663. The monoisotopic (exact) mass is 295 g/mol. The highest BCUT2D eigenvalue weighted by molar-refractivity contribution is 6.28. The molecule has 0 bridgehead atoms. The molecule has 20 heavy (non-hydrogen) atoms. The van der Waals surface area contributed by atoms with Crippen molar-refractivity contribution >= 4 is 34.6 Å². The third kappa shape index (κ3) is 2.18. The van der Waals surface area contributed by atoms with Crippen LogP contribution >= 0.6 is 11.6 Å². The molecule has 2 aromatic rings. The molecule has 7 nitrogen and oxygen atoms in total. The quantitative estimate of drug-likeness (QED) is 0.819. The number of nitrogen functional groups attached to an aromatic ring is 1. The molecule has 0 amide bonds. The van der Waals surface area contributed by atoms with Gasteiger partial charge < -0.3 is 15.4 Å². The van der Waals surface area contributed by atoms with Gasteiger partial charge in [0.2, 0.25) is 5.28 Å². The van der Waals surface area contributed by atoms with Crippen molar-refractivity contribution in [3.8, 4) is 0 Å². The van der Waals surface area contributed by atoms with Crippen LogP contribution in [0.2, 0.25) is 5.28 Å². The molecule has 0 saturated heterocycles. The number of aliphatic carboxylic acids is 1. The average molecular weight is 296 g/mol. The van der Waals surface area contributed by atoms with E-state index in [1.54, 1.807) is 6.33 Å². The van der Waals surface area contributed by atoms with Crippen molar-refractivity contribution in [1.29, 1.82) is 0 Å². The number of hydrogen-bond donors (Lipinski definition) is 2. The minimum absolute atomic E-state index is 0.0935. The van der Waals surface area contributed by atoms with E-state index in [0.717, 1.165) is 12.8 Å². The number of halogens is 1. The Labute approximate surface area is 119 Å². The maximum Gasteiger partial charge on any atom is 0.306 e. The third-order valence-electron chi connectivity index (χ3n) is 3.86. The Morgan fingerprint density at radius 3 is 2.70 bits per heavy atom. The van der Waals surface area contributed by atoms with E-state index in [1.165, 1.54) is 0 Å². The number of nitrogens with zero attached hydrogens (tertiary/aromatic N) is 4. The van der Waals surface area contributed by atoms with Crippen LogP contribution in [0.3, 0.4) is 0 Å². The number of rotatable bonds is 2. The van der Waals surface area contributed by atoms with Crippen LogP contribution in [0, 0.1) is 5.92 Å². The number of carboxylic acids is 1. The maximum absolute atomic E-state index is 11.0. The highest BCUT2D eigenvalue weighted by atomic mass is 35.5. The van der Waals surface area contributed by atoms with Crippen molar-refractivity contribution in [3.05, 3.63) is 11.6 Å². The highest BCUT2D eigenvalue weighted by Gasteiger charge is 2.28. The molecule has 0 aliphatic heterocycles. The first-order chi connectivity index (χ1) is 9.56. The zero-order chi connectivity index (χ0) is 14.3. The van der Waals surface area contributed by atoms with Crippen LogP contribution < -0.4 is 5.73 Å². The lowest BCUT2D eigenvalue weighted by Gasteiger charge is -2.27. The van der Waals surface area contributed by atoms with Gasteiger partial charge in [-0.2, -0.15) is 9.97 Å². The number of carbonyl (C=O) groups is 1. The van der Waals surface area contributed by atoms with Crippen molar-refractivity contribution in [2.45, 2.75) is 31.7 Å². The van der Waals surface area contributed by atoms with Crippen molar-refractivity contribution < 1.29 is 9.90 Å². The van der Waals surface area contributed by atoms with E-state index in [1.807, 2.05) is 4.57 Å². The molecule has 106 valence electrons. The summed E-state index contributed by atoms with van der Waals surface area (Å²) in [4.78, 5) is 23.3. The number of carboxylic acid groups (broad SMARTS) is 1. The Hall–Kier alpha value is -1.89. The summed E-state index contributed by atoms with van der Waals surface area (Å²) in [5, 5.41) is 9.12. The molecule has 3 N–H and O–H groups in total. The van der Waals surface area contributed by atoms with Crippen molar-refractivity contribution in [1.82, 2.24) is 19.5 Å². The fourth-order valence-corrected chi connectivity index (χ4v) is 2.95. The fraction of sp³-hybridized carbons (Fsp3) is 0.500. The summed E-state index contributed by atoms with van der Waals surface area (Å²) in [5.41, 5.74) is 6.92. The summed E-state index contributed by atoms with van der Waals surface area (Å²) in [5.74, 6) is -0.698. The largest absolute Gasteiger partial charge is 0.481 e. The smallest absolute Gasteiger partial charge is 0.306 e. The van der Waals surface area contributed by atoms with Crippen LogP contribution in [0.5, 0.6) is 0 Å². The van der Waals surface area contributed by atoms with E-state index in [4.69, 9.17) is 22.4 Å². The minimum Gasteiger partial charge on any atom is -0.481 e. The minimum atomic E-state index is -0.714. The zero-order valence-electron chi connectivity index (χ0n) is 10.7. The lowest BCUT2D eigenvalue weighted by Crippen LogP contribution is -2.23. The molecule has 1 aliphatic rings. The third-order valence-corrected chi connectivity index (χ3v) is 4.03. The molecular formula is C12H14ClN5O2. The molecule has 3 rings (SSSR count). The van der Waals surface area contributed by atoms with Gasteiger partial charge in [0.25, 0.3) is 0 Å². The van der Waals surface area contributed by atoms with Crippen molar-refractivity contribution in [2.24, 2.45) is 5.92 Å². The van der Waals surface area contributed by atoms with Gasteiger partial charge in [-0.25, -0.2) is 4.98 Å². The SMILES string of the molecule is Nc1nc(Cl)nc2c1ncn2[C@H]1CC[C@@H](C(=O)O)CC1. The number of imidazole rings is 1. The van der Waals surface area contributed by atoms with E-state index in [-0.39, 0.29) is 23.1 Å². The number of aromatic nitrogens is 4. The lowest BCUT2D eigenvalue weighted by molar-refractivity contribution is -0.143. The molecule has 2 aromatic heterocycles. The molecule has 1 saturated carbocycles. The van der Waals surface area contributed by atoms with Gasteiger partial charge >= 0.3 is 5.97 Å². The predicted octanol–water partition coefficient (Wildman–Crippen LogP) is 1.88. The lowest BCUT2D eigenvalue weighted by atomic mass is 9.86. The molecule has 2 heterocycles. The Kier molecular flexibility index (Phi) is 3.21. The molecule has 0 aromatic carbocycles. The van der Waals surface area contributed by atoms with Gasteiger partial charge in [0.1, 0.15) is 5.52 Å². The van der Waals surface area contributed by atoms with E-state index in [2.05, 4.69) is 15.0 Å². The van der Waals surface area contributed by atoms with Crippen molar-refractivity contribution in [3.63, 3.8) is 0 Å². The van der Waals surface area contributed by atoms with Gasteiger partial charge in [-0.15, -0.1) is 0 Å². The van der Waals surface area contributed by atoms with Gasteiger partial charge in [0.15, 0.2) is 11.5 Å². The van der Waals surface area contributed by atoms with Gasteiger partial charge in [-0.3, -0.25) is 4.79 Å². The summed E-state index contributed by atoms with van der Waals surface area (Å²) >= 11 is 5.84. The second-order valence-corrected chi connectivity index (χ2v) is 5.38. The molecular weight excluding hydrogens is 282 g/mol. The van der Waals surface area contributed by atoms with Gasteiger partial charge in [0, 0.05) is 6.04 Å². The van der Waals surface area contributed by atoms with E-state index >= 15 is 0 Å². The van der Waals surface area contributed by atoms with E-state index < -0.39 is 5.97 Å². The first-order valence-electron chi connectivity index (χ1n) is 6.44. The highest BCUT2D eigenvalue weighted by Crippen LogP contribution is 2.34. The number of anilines is 1. The van der Waals surface area contributed by atoms with Crippen LogP contribution in [-0.2, 0) is 4.79 Å². The summed E-state index contributed by atoms with van der Waals surface area (Å²) in [6, 6.07) is 0.181. The topological polar surface area (TPSA) is 107 Å². The Balaban J connectivity index is 1.90. The molecule has 0 atom stereocenters. The second kappa shape index (κ2) is 4.90. The normalized spacial score (nSPS) is 23.1. The predicted molar refractivity (Wildman–Crippen MR) is 73.4 cm³/mol. The number of hydrogen-bond acceptors (Lipinski definition) is 5.